The monoisotopic (exact) mass is 360 g/mol. The minimum Gasteiger partial charge on any atom is -0.370 e. The number of morpholine rings is 1. The summed E-state index contributed by atoms with van der Waals surface area (Å²) in [6, 6.07) is 14.2. The van der Waals surface area contributed by atoms with Gasteiger partial charge in [-0.1, -0.05) is 29.8 Å². The predicted molar refractivity (Wildman–Crippen MR) is 97.0 cm³/mol. The summed E-state index contributed by atoms with van der Waals surface area (Å²) in [6.45, 7) is 2.99. The Balaban J connectivity index is 1.69. The normalized spacial score (nSPS) is 15.2. The van der Waals surface area contributed by atoms with E-state index in [0.29, 0.717) is 18.8 Å². The summed E-state index contributed by atoms with van der Waals surface area (Å²) in [5, 5.41) is 0. The third-order valence-electron chi connectivity index (χ3n) is 3.88. The lowest BCUT2D eigenvalue weighted by atomic mass is 10.2. The van der Waals surface area contributed by atoms with Gasteiger partial charge in [0.15, 0.2) is 0 Å². The second-order valence-corrected chi connectivity index (χ2v) is 7.72. The van der Waals surface area contributed by atoms with Crippen LogP contribution >= 0.6 is 0 Å². The van der Waals surface area contributed by atoms with Gasteiger partial charge in [0, 0.05) is 17.9 Å². The van der Waals surface area contributed by atoms with Gasteiger partial charge in [-0.15, -0.1) is 0 Å². The number of carbonyl (C=O) groups is 1. The van der Waals surface area contributed by atoms with Gasteiger partial charge in [-0.05, 0) is 36.8 Å². The first-order chi connectivity index (χ1) is 11.9. The van der Waals surface area contributed by atoms with E-state index in [1.54, 1.807) is 35.2 Å². The summed E-state index contributed by atoms with van der Waals surface area (Å²) < 4.78 is 32.3. The van der Waals surface area contributed by atoms with Gasteiger partial charge < -0.3 is 9.64 Å². The molecule has 0 aliphatic carbocycles. The second kappa shape index (κ2) is 7.25. The van der Waals surface area contributed by atoms with E-state index in [-0.39, 0.29) is 18.3 Å². The number of nitrogens with one attached hydrogen (secondary N) is 1. The fourth-order valence-electron chi connectivity index (χ4n) is 2.74. The smallest absolute Gasteiger partial charge is 0.253 e. The van der Waals surface area contributed by atoms with Crippen LogP contribution in [0.25, 0.3) is 0 Å². The van der Waals surface area contributed by atoms with Gasteiger partial charge in [0.2, 0.25) is 10.0 Å². The Hall–Kier alpha value is -2.38. The lowest BCUT2D eigenvalue weighted by Crippen LogP contribution is -2.41. The second-order valence-electron chi connectivity index (χ2n) is 6.00. The van der Waals surface area contributed by atoms with Gasteiger partial charge in [0.1, 0.15) is 6.61 Å². The number of hydrogen-bond donors (Lipinski definition) is 1. The summed E-state index contributed by atoms with van der Waals surface area (Å²) in [6.07, 6.45) is 0. The molecule has 25 heavy (non-hydrogen) atoms. The van der Waals surface area contributed by atoms with Crippen LogP contribution in [0.5, 0.6) is 0 Å². The van der Waals surface area contributed by atoms with Crippen molar-refractivity contribution in [2.24, 2.45) is 0 Å². The number of benzene rings is 2. The highest BCUT2D eigenvalue weighted by atomic mass is 32.2. The molecule has 1 saturated heterocycles. The molecular formula is C18H20N2O4S. The maximum atomic E-state index is 12.3. The van der Waals surface area contributed by atoms with Gasteiger partial charge in [-0.25, -0.2) is 8.42 Å². The Morgan fingerprint density at radius 3 is 2.60 bits per heavy atom. The van der Waals surface area contributed by atoms with Crippen molar-refractivity contribution in [2.45, 2.75) is 12.7 Å². The standard InChI is InChI=1S/C18H20N2O4S/c1-14-3-2-4-15(11-14)13-25(22,23)19-16-5-7-17(8-6-16)20-9-10-24-12-18(20)21/h2-8,11,19H,9-10,12-13H2,1H3. The molecule has 0 aromatic heterocycles. The molecule has 0 bridgehead atoms. The van der Waals surface area contributed by atoms with Gasteiger partial charge >= 0.3 is 0 Å². The number of amides is 1. The number of aryl methyl sites for hydroxylation is 1. The summed E-state index contributed by atoms with van der Waals surface area (Å²) >= 11 is 0. The Morgan fingerprint density at radius 1 is 1.16 bits per heavy atom. The number of anilines is 2. The van der Waals surface area contributed by atoms with Gasteiger partial charge in [-0.3, -0.25) is 9.52 Å². The Bertz CT molecular complexity index is 863. The molecule has 1 aliphatic rings. The van der Waals surface area contributed by atoms with E-state index in [1.165, 1.54) is 0 Å². The van der Waals surface area contributed by atoms with Crippen LogP contribution in [0.3, 0.4) is 0 Å². The average molecular weight is 360 g/mol. The zero-order valence-electron chi connectivity index (χ0n) is 13.9. The molecule has 0 unspecified atom stereocenters. The number of carbonyl (C=O) groups excluding carboxylic acids is 1. The van der Waals surface area contributed by atoms with Crippen molar-refractivity contribution in [1.82, 2.24) is 0 Å². The molecule has 2 aromatic rings. The van der Waals surface area contributed by atoms with Crippen LogP contribution in [0.15, 0.2) is 48.5 Å². The molecule has 132 valence electrons. The molecule has 6 nitrogen and oxygen atoms in total. The highest BCUT2D eigenvalue weighted by Crippen LogP contribution is 2.21. The van der Waals surface area contributed by atoms with Crippen molar-refractivity contribution in [3.05, 3.63) is 59.7 Å². The molecule has 2 aromatic carbocycles. The maximum absolute atomic E-state index is 12.3. The molecule has 0 atom stereocenters. The topological polar surface area (TPSA) is 75.7 Å². The molecule has 3 rings (SSSR count). The summed E-state index contributed by atoms with van der Waals surface area (Å²) in [4.78, 5) is 13.5. The van der Waals surface area contributed by atoms with Crippen molar-refractivity contribution in [2.75, 3.05) is 29.4 Å². The van der Waals surface area contributed by atoms with Crippen LogP contribution in [0.1, 0.15) is 11.1 Å². The fourth-order valence-corrected chi connectivity index (χ4v) is 3.92. The Labute approximate surface area is 147 Å². The average Bonchev–Trinajstić information content (AvgIpc) is 2.55. The van der Waals surface area contributed by atoms with Gasteiger partial charge in [0.25, 0.3) is 5.91 Å². The highest BCUT2D eigenvalue weighted by Gasteiger charge is 2.20. The van der Waals surface area contributed by atoms with Crippen molar-refractivity contribution in [3.63, 3.8) is 0 Å². The highest BCUT2D eigenvalue weighted by molar-refractivity contribution is 7.91. The fraction of sp³-hybridized carbons (Fsp3) is 0.278. The van der Waals surface area contributed by atoms with Crippen LogP contribution in [-0.2, 0) is 25.3 Å². The van der Waals surface area contributed by atoms with Crippen LogP contribution < -0.4 is 9.62 Å². The van der Waals surface area contributed by atoms with E-state index < -0.39 is 10.0 Å². The first kappa shape index (κ1) is 17.4. The van der Waals surface area contributed by atoms with Gasteiger partial charge in [0.05, 0.1) is 12.4 Å². The zero-order valence-corrected chi connectivity index (χ0v) is 14.8. The van der Waals surface area contributed by atoms with Crippen LogP contribution in [0.2, 0.25) is 0 Å². The van der Waals surface area contributed by atoms with Crippen molar-refractivity contribution >= 4 is 27.3 Å². The van der Waals surface area contributed by atoms with Crippen LogP contribution in [0.4, 0.5) is 11.4 Å². The maximum Gasteiger partial charge on any atom is 0.253 e. The third-order valence-corrected chi connectivity index (χ3v) is 5.14. The number of nitrogens with zero attached hydrogens (tertiary/aromatic N) is 1. The van der Waals surface area contributed by atoms with Crippen molar-refractivity contribution in [3.8, 4) is 0 Å². The molecule has 0 saturated carbocycles. The number of sulfonamides is 1. The predicted octanol–water partition coefficient (Wildman–Crippen LogP) is 2.30. The minimum absolute atomic E-state index is 0.0743. The van der Waals surface area contributed by atoms with E-state index in [4.69, 9.17) is 4.74 Å². The molecule has 1 N–H and O–H groups in total. The van der Waals surface area contributed by atoms with E-state index in [0.717, 1.165) is 16.8 Å². The molecule has 0 radical (unpaired) electrons. The Kier molecular flexibility index (Phi) is 5.06. The van der Waals surface area contributed by atoms with E-state index >= 15 is 0 Å². The van der Waals surface area contributed by atoms with Crippen molar-refractivity contribution in [1.29, 1.82) is 0 Å². The van der Waals surface area contributed by atoms with E-state index in [9.17, 15) is 13.2 Å². The molecule has 7 heteroatoms. The lowest BCUT2D eigenvalue weighted by molar-refractivity contribution is -0.125. The quantitative estimate of drug-likeness (QED) is 0.888. The first-order valence-electron chi connectivity index (χ1n) is 7.97. The van der Waals surface area contributed by atoms with Gasteiger partial charge in [-0.2, -0.15) is 0 Å². The zero-order chi connectivity index (χ0) is 17.9. The summed E-state index contributed by atoms with van der Waals surface area (Å²) in [7, 11) is -3.50. The summed E-state index contributed by atoms with van der Waals surface area (Å²) in [5.74, 6) is -0.183. The number of rotatable bonds is 5. The summed E-state index contributed by atoms with van der Waals surface area (Å²) in [5.41, 5.74) is 2.96. The molecule has 1 fully saturated rings. The molecule has 1 amide bonds. The van der Waals surface area contributed by atoms with E-state index in [1.807, 2.05) is 25.1 Å². The van der Waals surface area contributed by atoms with Crippen LogP contribution in [-0.4, -0.2) is 34.1 Å². The number of ether oxygens (including phenoxy) is 1. The Morgan fingerprint density at radius 2 is 1.92 bits per heavy atom. The van der Waals surface area contributed by atoms with E-state index in [2.05, 4.69) is 4.72 Å². The first-order valence-corrected chi connectivity index (χ1v) is 9.62. The molecule has 0 spiro atoms. The lowest BCUT2D eigenvalue weighted by Gasteiger charge is -2.26. The molecule has 1 heterocycles. The molecule has 1 aliphatic heterocycles. The molecular weight excluding hydrogens is 340 g/mol. The SMILES string of the molecule is Cc1cccc(CS(=O)(=O)Nc2ccc(N3CCOCC3=O)cc2)c1. The van der Waals surface area contributed by atoms with Crippen LogP contribution in [0, 0.1) is 6.92 Å². The van der Waals surface area contributed by atoms with Crippen molar-refractivity contribution < 1.29 is 17.9 Å². The largest absolute Gasteiger partial charge is 0.370 e. The number of hydrogen-bond acceptors (Lipinski definition) is 4. The third kappa shape index (κ3) is 4.58. The minimum atomic E-state index is -3.50.